The first-order chi connectivity index (χ1) is 7.26. The van der Waals surface area contributed by atoms with E-state index in [1.807, 2.05) is 24.3 Å². The van der Waals surface area contributed by atoms with Crippen LogP contribution in [0.2, 0.25) is 0 Å². The van der Waals surface area contributed by atoms with E-state index in [0.29, 0.717) is 0 Å². The first-order valence-electron chi connectivity index (χ1n) is 4.99. The maximum absolute atomic E-state index is 11.1. The van der Waals surface area contributed by atoms with Crippen LogP contribution in [0, 0.1) is 0 Å². The Hall–Kier alpha value is -1.61. The topological polar surface area (TPSA) is 41.1 Å². The molecule has 0 aliphatic heterocycles. The van der Waals surface area contributed by atoms with E-state index < -0.39 is 0 Å². The average Bonchev–Trinajstić information content (AvgIpc) is 2.26. The Labute approximate surface area is 90.2 Å². The highest BCUT2D eigenvalue weighted by atomic mass is 16.1. The SMILES string of the molecule is C=CC(=O)Nc1cccc(CNCC)c1. The minimum Gasteiger partial charge on any atom is -0.323 e. The highest BCUT2D eigenvalue weighted by molar-refractivity contribution is 5.98. The van der Waals surface area contributed by atoms with Crippen LogP contribution in [0.15, 0.2) is 36.9 Å². The van der Waals surface area contributed by atoms with Gasteiger partial charge in [0.05, 0.1) is 0 Å². The highest BCUT2D eigenvalue weighted by Crippen LogP contribution is 2.10. The molecule has 0 heterocycles. The minimum atomic E-state index is -0.185. The van der Waals surface area contributed by atoms with E-state index in [1.165, 1.54) is 6.08 Å². The summed E-state index contributed by atoms with van der Waals surface area (Å²) >= 11 is 0. The monoisotopic (exact) mass is 204 g/mol. The normalized spacial score (nSPS) is 9.67. The van der Waals surface area contributed by atoms with Crippen LogP contribution >= 0.6 is 0 Å². The Bertz CT molecular complexity index is 347. The van der Waals surface area contributed by atoms with E-state index in [-0.39, 0.29) is 5.91 Å². The van der Waals surface area contributed by atoms with Crippen molar-refractivity contribution in [1.82, 2.24) is 5.32 Å². The van der Waals surface area contributed by atoms with Crippen LogP contribution in [-0.2, 0) is 11.3 Å². The summed E-state index contributed by atoms with van der Waals surface area (Å²) in [5.74, 6) is -0.185. The Kier molecular flexibility index (Phi) is 4.57. The lowest BCUT2D eigenvalue weighted by molar-refractivity contribution is -0.111. The van der Waals surface area contributed by atoms with Crippen molar-refractivity contribution in [2.75, 3.05) is 11.9 Å². The molecule has 0 aromatic heterocycles. The molecule has 1 aromatic carbocycles. The number of carbonyl (C=O) groups excluding carboxylic acids is 1. The molecule has 1 aromatic rings. The minimum absolute atomic E-state index is 0.185. The third-order valence-corrected chi connectivity index (χ3v) is 1.96. The Balaban J connectivity index is 2.65. The van der Waals surface area contributed by atoms with Gasteiger partial charge in [-0.2, -0.15) is 0 Å². The molecule has 0 spiro atoms. The van der Waals surface area contributed by atoms with E-state index in [2.05, 4.69) is 24.1 Å². The molecule has 3 heteroatoms. The Morgan fingerprint density at radius 1 is 1.53 bits per heavy atom. The zero-order chi connectivity index (χ0) is 11.1. The number of hydrogen-bond acceptors (Lipinski definition) is 2. The van der Waals surface area contributed by atoms with Crippen LogP contribution < -0.4 is 10.6 Å². The molecule has 80 valence electrons. The number of amides is 1. The van der Waals surface area contributed by atoms with Gasteiger partial charge in [-0.1, -0.05) is 25.6 Å². The van der Waals surface area contributed by atoms with Gasteiger partial charge in [0.15, 0.2) is 0 Å². The first-order valence-corrected chi connectivity index (χ1v) is 4.99. The second-order valence-corrected chi connectivity index (χ2v) is 3.17. The molecule has 0 bridgehead atoms. The van der Waals surface area contributed by atoms with E-state index >= 15 is 0 Å². The number of anilines is 1. The molecule has 0 radical (unpaired) electrons. The van der Waals surface area contributed by atoms with Crippen molar-refractivity contribution in [2.45, 2.75) is 13.5 Å². The van der Waals surface area contributed by atoms with Crippen LogP contribution in [0.1, 0.15) is 12.5 Å². The highest BCUT2D eigenvalue weighted by Gasteiger charge is 1.98. The summed E-state index contributed by atoms with van der Waals surface area (Å²) in [5, 5.41) is 5.95. The van der Waals surface area contributed by atoms with Crippen molar-refractivity contribution in [3.8, 4) is 0 Å². The molecular formula is C12H16N2O. The summed E-state index contributed by atoms with van der Waals surface area (Å²) in [6.07, 6.45) is 1.26. The number of rotatable bonds is 5. The fraction of sp³-hybridized carbons (Fsp3) is 0.250. The maximum Gasteiger partial charge on any atom is 0.247 e. The quantitative estimate of drug-likeness (QED) is 0.719. The molecule has 0 aliphatic carbocycles. The standard InChI is InChI=1S/C12H16N2O/c1-3-12(15)14-11-7-5-6-10(8-11)9-13-4-2/h3,5-8,13H,1,4,9H2,2H3,(H,14,15). The van der Waals surface area contributed by atoms with E-state index in [0.717, 1.165) is 24.3 Å². The zero-order valence-electron chi connectivity index (χ0n) is 8.92. The summed E-state index contributed by atoms with van der Waals surface area (Å²) in [4.78, 5) is 11.1. The lowest BCUT2D eigenvalue weighted by Gasteiger charge is -2.05. The van der Waals surface area contributed by atoms with Gasteiger partial charge in [0, 0.05) is 12.2 Å². The van der Waals surface area contributed by atoms with Gasteiger partial charge in [-0.3, -0.25) is 4.79 Å². The summed E-state index contributed by atoms with van der Waals surface area (Å²) in [5.41, 5.74) is 1.95. The van der Waals surface area contributed by atoms with Crippen molar-refractivity contribution < 1.29 is 4.79 Å². The summed E-state index contributed by atoms with van der Waals surface area (Å²) < 4.78 is 0. The maximum atomic E-state index is 11.1. The second kappa shape index (κ2) is 5.98. The molecule has 3 nitrogen and oxygen atoms in total. The lowest BCUT2D eigenvalue weighted by atomic mass is 10.2. The molecule has 0 saturated heterocycles. The van der Waals surface area contributed by atoms with Gasteiger partial charge in [-0.05, 0) is 30.3 Å². The van der Waals surface area contributed by atoms with E-state index in [9.17, 15) is 4.79 Å². The fourth-order valence-electron chi connectivity index (χ4n) is 1.22. The van der Waals surface area contributed by atoms with E-state index in [1.54, 1.807) is 0 Å². The molecule has 0 unspecified atom stereocenters. The average molecular weight is 204 g/mol. The van der Waals surface area contributed by atoms with Gasteiger partial charge in [0.25, 0.3) is 0 Å². The van der Waals surface area contributed by atoms with Gasteiger partial charge in [0.1, 0.15) is 0 Å². The number of nitrogens with one attached hydrogen (secondary N) is 2. The molecule has 0 atom stereocenters. The summed E-state index contributed by atoms with van der Waals surface area (Å²) in [6, 6.07) is 7.75. The van der Waals surface area contributed by atoms with Crippen molar-refractivity contribution >= 4 is 11.6 Å². The molecule has 1 rings (SSSR count). The van der Waals surface area contributed by atoms with Crippen LogP contribution in [0.4, 0.5) is 5.69 Å². The molecule has 1 amide bonds. The molecule has 0 saturated carbocycles. The second-order valence-electron chi connectivity index (χ2n) is 3.17. The first kappa shape index (κ1) is 11.5. The zero-order valence-corrected chi connectivity index (χ0v) is 8.92. The molecule has 2 N–H and O–H groups in total. The summed E-state index contributed by atoms with van der Waals surface area (Å²) in [7, 11) is 0. The number of hydrogen-bond donors (Lipinski definition) is 2. The van der Waals surface area contributed by atoms with E-state index in [4.69, 9.17) is 0 Å². The third-order valence-electron chi connectivity index (χ3n) is 1.96. The number of carbonyl (C=O) groups is 1. The van der Waals surface area contributed by atoms with Gasteiger partial charge >= 0.3 is 0 Å². The Morgan fingerprint density at radius 2 is 2.33 bits per heavy atom. The van der Waals surface area contributed by atoms with Gasteiger partial charge < -0.3 is 10.6 Å². The molecule has 0 fully saturated rings. The van der Waals surface area contributed by atoms with Gasteiger partial charge in [0.2, 0.25) is 5.91 Å². The van der Waals surface area contributed by atoms with Crippen LogP contribution in [0.5, 0.6) is 0 Å². The molecule has 0 aliphatic rings. The Morgan fingerprint density at radius 3 is 3.00 bits per heavy atom. The van der Waals surface area contributed by atoms with Crippen molar-refractivity contribution in [3.63, 3.8) is 0 Å². The van der Waals surface area contributed by atoms with Crippen molar-refractivity contribution in [2.24, 2.45) is 0 Å². The van der Waals surface area contributed by atoms with Crippen molar-refractivity contribution in [1.29, 1.82) is 0 Å². The number of benzene rings is 1. The lowest BCUT2D eigenvalue weighted by Crippen LogP contribution is -2.12. The van der Waals surface area contributed by atoms with Crippen molar-refractivity contribution in [3.05, 3.63) is 42.5 Å². The molecule has 15 heavy (non-hydrogen) atoms. The predicted octanol–water partition coefficient (Wildman–Crippen LogP) is 1.92. The van der Waals surface area contributed by atoms with Crippen LogP contribution in [0.25, 0.3) is 0 Å². The van der Waals surface area contributed by atoms with Crippen LogP contribution in [-0.4, -0.2) is 12.5 Å². The van der Waals surface area contributed by atoms with Gasteiger partial charge in [-0.15, -0.1) is 0 Å². The summed E-state index contributed by atoms with van der Waals surface area (Å²) in [6.45, 7) is 7.21. The van der Waals surface area contributed by atoms with Crippen LogP contribution in [0.3, 0.4) is 0 Å². The third kappa shape index (κ3) is 3.95. The molecular weight excluding hydrogens is 188 g/mol. The fourth-order valence-corrected chi connectivity index (χ4v) is 1.22. The largest absolute Gasteiger partial charge is 0.323 e. The predicted molar refractivity (Wildman–Crippen MR) is 62.6 cm³/mol. The smallest absolute Gasteiger partial charge is 0.247 e. The van der Waals surface area contributed by atoms with Gasteiger partial charge in [-0.25, -0.2) is 0 Å².